The van der Waals surface area contributed by atoms with Gasteiger partial charge in [-0.05, 0) is 42.5 Å². The van der Waals surface area contributed by atoms with Gasteiger partial charge < -0.3 is 4.74 Å². The predicted molar refractivity (Wildman–Crippen MR) is 110 cm³/mol. The first-order valence-corrected chi connectivity index (χ1v) is 9.90. The van der Waals surface area contributed by atoms with Gasteiger partial charge in [0.1, 0.15) is 5.75 Å². The maximum absolute atomic E-state index is 12.7. The highest BCUT2D eigenvalue weighted by Gasteiger charge is 2.33. The van der Waals surface area contributed by atoms with E-state index in [-0.39, 0.29) is 24.7 Å². The average molecular weight is 394 g/mol. The number of amides is 4. The highest BCUT2D eigenvalue weighted by Crippen LogP contribution is 2.16. The second kappa shape index (κ2) is 9.87. The van der Waals surface area contributed by atoms with Crippen LogP contribution >= 0.6 is 0 Å². The molecule has 0 atom stereocenters. The zero-order valence-electron chi connectivity index (χ0n) is 16.7. The van der Waals surface area contributed by atoms with Gasteiger partial charge in [0, 0.05) is 25.9 Å². The number of rotatable bonds is 7. The molecule has 0 saturated carbocycles. The minimum atomic E-state index is -0.492. The van der Waals surface area contributed by atoms with Crippen LogP contribution in [0.5, 0.6) is 5.75 Å². The molecule has 1 fully saturated rings. The van der Waals surface area contributed by atoms with Crippen LogP contribution in [0.15, 0.2) is 54.6 Å². The van der Waals surface area contributed by atoms with E-state index in [0.717, 1.165) is 16.9 Å². The molecule has 29 heavy (non-hydrogen) atoms. The van der Waals surface area contributed by atoms with Gasteiger partial charge >= 0.3 is 6.03 Å². The van der Waals surface area contributed by atoms with Crippen LogP contribution in [-0.4, -0.2) is 47.8 Å². The Balaban J connectivity index is 1.53. The molecule has 3 rings (SSSR count). The maximum atomic E-state index is 12.7. The van der Waals surface area contributed by atoms with Crippen LogP contribution in [0, 0.1) is 0 Å². The Morgan fingerprint density at radius 2 is 1.34 bits per heavy atom. The Bertz CT molecular complexity index is 849. The first-order chi connectivity index (χ1) is 14.1. The molecule has 4 amide bonds. The molecule has 0 spiro atoms. The first kappa shape index (κ1) is 20.6. The molecule has 1 aliphatic heterocycles. The quantitative estimate of drug-likeness (QED) is 0.722. The van der Waals surface area contributed by atoms with Crippen molar-refractivity contribution in [1.82, 2.24) is 9.80 Å². The minimum Gasteiger partial charge on any atom is -0.497 e. The fourth-order valence-electron chi connectivity index (χ4n) is 3.40. The van der Waals surface area contributed by atoms with E-state index in [9.17, 15) is 14.4 Å². The van der Waals surface area contributed by atoms with Gasteiger partial charge in [-0.2, -0.15) is 0 Å². The number of urea groups is 1. The van der Waals surface area contributed by atoms with Crippen LogP contribution in [0.2, 0.25) is 0 Å². The molecule has 0 radical (unpaired) electrons. The van der Waals surface area contributed by atoms with E-state index in [0.29, 0.717) is 32.4 Å². The zero-order chi connectivity index (χ0) is 20.6. The van der Waals surface area contributed by atoms with E-state index in [2.05, 4.69) is 0 Å². The first-order valence-electron chi connectivity index (χ1n) is 9.90. The van der Waals surface area contributed by atoms with Crippen molar-refractivity contribution in [3.8, 4) is 5.75 Å². The number of benzene rings is 2. The summed E-state index contributed by atoms with van der Waals surface area (Å²) < 4.78 is 5.13. The monoisotopic (exact) mass is 394 g/mol. The molecule has 0 bridgehead atoms. The van der Waals surface area contributed by atoms with E-state index in [1.165, 1.54) is 9.80 Å². The minimum absolute atomic E-state index is 0.226. The Morgan fingerprint density at radius 3 is 1.86 bits per heavy atom. The third kappa shape index (κ3) is 5.44. The van der Waals surface area contributed by atoms with Crippen LogP contribution in [0.25, 0.3) is 0 Å². The molecule has 0 N–H and O–H groups in total. The fraction of sp³-hybridized carbons (Fsp3) is 0.348. The van der Waals surface area contributed by atoms with Crippen molar-refractivity contribution in [1.29, 1.82) is 0 Å². The van der Waals surface area contributed by atoms with E-state index in [1.54, 1.807) is 7.11 Å². The van der Waals surface area contributed by atoms with Crippen LogP contribution in [0.1, 0.15) is 30.4 Å². The van der Waals surface area contributed by atoms with Crippen molar-refractivity contribution in [3.63, 3.8) is 0 Å². The van der Waals surface area contributed by atoms with Crippen LogP contribution in [0.4, 0.5) is 4.79 Å². The molecule has 0 unspecified atom stereocenters. The molecule has 1 saturated heterocycles. The topological polar surface area (TPSA) is 66.9 Å². The lowest BCUT2D eigenvalue weighted by Crippen LogP contribution is -2.53. The summed E-state index contributed by atoms with van der Waals surface area (Å²) in [4.78, 5) is 40.3. The van der Waals surface area contributed by atoms with Gasteiger partial charge in [-0.1, -0.05) is 42.5 Å². The van der Waals surface area contributed by atoms with Crippen molar-refractivity contribution in [3.05, 3.63) is 65.7 Å². The van der Waals surface area contributed by atoms with E-state index in [1.807, 2.05) is 54.6 Å². The molecule has 1 heterocycles. The Labute approximate surface area is 171 Å². The van der Waals surface area contributed by atoms with Crippen LogP contribution in [-0.2, 0) is 22.4 Å². The van der Waals surface area contributed by atoms with E-state index < -0.39 is 6.03 Å². The molecule has 2 aromatic carbocycles. The van der Waals surface area contributed by atoms with Crippen LogP contribution < -0.4 is 4.74 Å². The summed E-state index contributed by atoms with van der Waals surface area (Å²) >= 11 is 0. The SMILES string of the molecule is COc1ccc(CCC(=O)N2CCCN(C(=O)CCc3ccccc3)C2=O)cc1. The lowest BCUT2D eigenvalue weighted by Gasteiger charge is -2.33. The molecule has 6 nitrogen and oxygen atoms in total. The third-order valence-corrected chi connectivity index (χ3v) is 5.08. The fourth-order valence-corrected chi connectivity index (χ4v) is 3.40. The van der Waals surface area contributed by atoms with E-state index >= 15 is 0 Å². The van der Waals surface area contributed by atoms with Gasteiger partial charge in [0.05, 0.1) is 7.11 Å². The van der Waals surface area contributed by atoms with Crippen molar-refractivity contribution < 1.29 is 19.1 Å². The van der Waals surface area contributed by atoms with Gasteiger partial charge in [-0.3, -0.25) is 19.4 Å². The summed E-state index contributed by atoms with van der Waals surface area (Å²) in [5.74, 6) is 0.286. The smallest absolute Gasteiger partial charge is 0.333 e. The Hall–Kier alpha value is -3.15. The van der Waals surface area contributed by atoms with Gasteiger partial charge in [0.2, 0.25) is 11.8 Å². The van der Waals surface area contributed by atoms with Crippen LogP contribution in [0.3, 0.4) is 0 Å². The van der Waals surface area contributed by atoms with Gasteiger partial charge in [0.25, 0.3) is 0 Å². The van der Waals surface area contributed by atoms with E-state index in [4.69, 9.17) is 4.74 Å². The number of hydrogen-bond donors (Lipinski definition) is 0. The number of aryl methyl sites for hydroxylation is 2. The molecule has 2 aromatic rings. The summed E-state index contributed by atoms with van der Waals surface area (Å²) in [5, 5.41) is 0. The summed E-state index contributed by atoms with van der Waals surface area (Å²) in [6.45, 7) is 0.734. The summed E-state index contributed by atoms with van der Waals surface area (Å²) in [5.41, 5.74) is 2.05. The number of ether oxygens (including phenoxy) is 1. The molecule has 152 valence electrons. The molecule has 1 aliphatic rings. The molecule has 6 heteroatoms. The molecular weight excluding hydrogens is 368 g/mol. The van der Waals surface area contributed by atoms with Crippen molar-refractivity contribution in [2.24, 2.45) is 0 Å². The Kier molecular flexibility index (Phi) is 7.00. The maximum Gasteiger partial charge on any atom is 0.333 e. The second-order valence-corrected chi connectivity index (χ2v) is 7.06. The van der Waals surface area contributed by atoms with Gasteiger partial charge in [-0.15, -0.1) is 0 Å². The van der Waals surface area contributed by atoms with Crippen molar-refractivity contribution in [2.45, 2.75) is 32.1 Å². The second-order valence-electron chi connectivity index (χ2n) is 7.06. The van der Waals surface area contributed by atoms with Gasteiger partial charge in [0.15, 0.2) is 0 Å². The van der Waals surface area contributed by atoms with Crippen molar-refractivity contribution in [2.75, 3.05) is 20.2 Å². The standard InChI is InChI=1S/C23H26N2O4/c1-29-20-12-8-19(9-13-20)11-15-22(27)25-17-5-16-24(23(25)28)21(26)14-10-18-6-3-2-4-7-18/h2-4,6-9,12-13H,5,10-11,14-17H2,1H3. The number of methoxy groups -OCH3 is 1. The molecular formula is C23H26N2O4. The third-order valence-electron chi connectivity index (χ3n) is 5.08. The number of carbonyl (C=O) groups is 3. The lowest BCUT2D eigenvalue weighted by atomic mass is 10.1. The summed E-state index contributed by atoms with van der Waals surface area (Å²) in [6.07, 6.45) is 2.20. The van der Waals surface area contributed by atoms with Crippen molar-refractivity contribution >= 4 is 17.8 Å². The van der Waals surface area contributed by atoms with Gasteiger partial charge in [-0.25, -0.2) is 4.79 Å². The zero-order valence-corrected chi connectivity index (χ0v) is 16.7. The number of hydrogen-bond acceptors (Lipinski definition) is 4. The summed E-state index contributed by atoms with van der Waals surface area (Å²) in [6, 6.07) is 16.7. The molecule has 0 aliphatic carbocycles. The number of imide groups is 2. The molecule has 0 aromatic heterocycles. The number of carbonyl (C=O) groups excluding carboxylic acids is 3. The Morgan fingerprint density at radius 1 is 0.828 bits per heavy atom. The predicted octanol–water partition coefficient (Wildman–Crippen LogP) is 3.44. The normalized spacial score (nSPS) is 14.0. The summed E-state index contributed by atoms with van der Waals surface area (Å²) in [7, 11) is 1.60. The highest BCUT2D eigenvalue weighted by molar-refractivity contribution is 6.02. The number of nitrogens with zero attached hydrogens (tertiary/aromatic N) is 2. The largest absolute Gasteiger partial charge is 0.497 e. The lowest BCUT2D eigenvalue weighted by molar-refractivity contribution is -0.133. The average Bonchev–Trinajstić information content (AvgIpc) is 2.77. The highest BCUT2D eigenvalue weighted by atomic mass is 16.5.